The molecular weight excluding hydrogens is 995 g/mol. The molecule has 0 saturated carbocycles. The number of azo groups is 2. The summed E-state index contributed by atoms with van der Waals surface area (Å²) in [7, 11) is -17.4. The van der Waals surface area contributed by atoms with Crippen molar-refractivity contribution in [1.82, 2.24) is 9.97 Å². The van der Waals surface area contributed by atoms with Crippen LogP contribution < -0.4 is 10.6 Å². The minimum absolute atomic E-state index is 0.0381. The summed E-state index contributed by atoms with van der Waals surface area (Å²) in [4.78, 5) is 7.78. The average Bonchev–Trinajstić information content (AvgIpc) is 3.70. The van der Waals surface area contributed by atoms with Gasteiger partial charge in [0, 0.05) is 33.3 Å². The van der Waals surface area contributed by atoms with Gasteiger partial charge in [-0.1, -0.05) is 77.6 Å². The highest BCUT2D eigenvalue weighted by atomic mass is 32.2. The Labute approximate surface area is 397 Å². The number of nitrogens with zero attached hydrogens (tertiary/aromatic N) is 7. The molecule has 2 heterocycles. The van der Waals surface area contributed by atoms with Crippen molar-refractivity contribution in [1.29, 1.82) is 5.26 Å². The minimum Gasteiger partial charge on any atom is -0.339 e. The van der Waals surface area contributed by atoms with E-state index in [0.29, 0.717) is 22.5 Å². The number of aryl methyl sites for hydroxylation is 1. The number of hydrogen-bond acceptors (Lipinski definition) is 19. The van der Waals surface area contributed by atoms with E-state index in [9.17, 15) is 44.2 Å². The molecule has 8 rings (SSSR count). The summed E-state index contributed by atoms with van der Waals surface area (Å²) < 4.78 is 128. The van der Waals surface area contributed by atoms with Crippen molar-refractivity contribution < 1.29 is 51.5 Å². The topological polar surface area (TPSA) is 337 Å². The standard InChI is InChI=1S/C43H31N9O9S4.O3S/c1-24-10-14-29(15-11-24)45-40-35(23-44)25(2)38(41(48-40)46-30-16-18-32(19-17-30)63(53,54)55)50-52-43-47-39(28-13-12-26-6-3-4-7-27(26)20-28)42(62-43)51-49-31-21-34-33(37(22-31)65(59,60)61)8-5-9-36(34)64(56,57)58;1-4(2)3/h3-22H,1-2H3,(H2,45,46,48)(H,53,54,55)(H,56,57,58)(H,59,60,61);. The highest BCUT2D eigenvalue weighted by molar-refractivity contribution is 7.86. The Morgan fingerprint density at radius 3 is 1.87 bits per heavy atom. The number of anilines is 4. The summed E-state index contributed by atoms with van der Waals surface area (Å²) in [6.45, 7) is 3.57. The largest absolute Gasteiger partial charge is 0.425 e. The summed E-state index contributed by atoms with van der Waals surface area (Å²) in [6, 6.07) is 33.6. The van der Waals surface area contributed by atoms with Crippen LogP contribution in [0.2, 0.25) is 0 Å². The molecule has 0 aliphatic carbocycles. The number of thiazole rings is 1. The molecule has 0 bridgehead atoms. The molecule has 0 aliphatic rings. The maximum atomic E-state index is 12.5. The summed E-state index contributed by atoms with van der Waals surface area (Å²) >= 11 is 0.920. The van der Waals surface area contributed by atoms with Crippen molar-refractivity contribution in [2.75, 3.05) is 10.6 Å². The third kappa shape index (κ3) is 11.7. The second kappa shape index (κ2) is 19.8. The molecular formula is C43H31N9O12S5. The molecule has 0 unspecified atom stereocenters. The van der Waals surface area contributed by atoms with Gasteiger partial charge in [-0.2, -0.15) is 30.5 Å². The van der Waals surface area contributed by atoms with Crippen molar-refractivity contribution in [3.8, 4) is 17.3 Å². The number of aromatic nitrogens is 2. The summed E-state index contributed by atoms with van der Waals surface area (Å²) in [5.41, 5.74) is 3.22. The first kappa shape index (κ1) is 49.2. The van der Waals surface area contributed by atoms with Gasteiger partial charge in [0.05, 0.1) is 16.1 Å². The fourth-order valence-corrected chi connectivity index (χ4v) is 9.33. The van der Waals surface area contributed by atoms with E-state index in [1.807, 2.05) is 67.6 Å². The molecule has 21 nitrogen and oxygen atoms in total. The van der Waals surface area contributed by atoms with Gasteiger partial charge in [0.15, 0.2) is 16.6 Å². The van der Waals surface area contributed by atoms with Gasteiger partial charge in [0.25, 0.3) is 30.4 Å². The number of rotatable bonds is 12. The maximum Gasteiger partial charge on any atom is 0.425 e. The number of pyridine rings is 1. The SMILES string of the molecule is Cc1ccc(Nc2nc(Nc3ccc(S(=O)(=O)O)cc3)c(N=Nc3nc(-c4ccc5ccccc5c4)c(N=Nc4cc(S(=O)(=O)O)c5cccc(S(=O)(=O)O)c5c4)s3)c(C)c2C#N)cc1.O=S(=O)=O. The third-order valence-corrected chi connectivity index (χ3v) is 13.3. The van der Waals surface area contributed by atoms with Crippen LogP contribution in [-0.4, -0.2) is 61.5 Å². The van der Waals surface area contributed by atoms with E-state index >= 15 is 0 Å². The summed E-state index contributed by atoms with van der Waals surface area (Å²) in [5.74, 6) is 0.274. The van der Waals surface area contributed by atoms with Crippen LogP contribution in [0.3, 0.4) is 0 Å². The van der Waals surface area contributed by atoms with Crippen LogP contribution in [0.1, 0.15) is 16.7 Å². The van der Waals surface area contributed by atoms with Crippen LogP contribution >= 0.6 is 11.3 Å². The Kier molecular flexibility index (Phi) is 14.1. The van der Waals surface area contributed by atoms with Crippen LogP contribution in [0.4, 0.5) is 44.5 Å². The van der Waals surface area contributed by atoms with Crippen molar-refractivity contribution in [2.24, 2.45) is 20.5 Å². The van der Waals surface area contributed by atoms with E-state index in [4.69, 9.17) is 22.6 Å². The molecule has 6 aromatic carbocycles. The first-order chi connectivity index (χ1) is 32.6. The highest BCUT2D eigenvalue weighted by Gasteiger charge is 2.23. The lowest BCUT2D eigenvalue weighted by atomic mass is 10.1. The molecule has 69 heavy (non-hydrogen) atoms. The van der Waals surface area contributed by atoms with Gasteiger partial charge >= 0.3 is 10.6 Å². The molecule has 0 fully saturated rings. The Bertz CT molecular complexity index is 3920. The first-order valence-electron chi connectivity index (χ1n) is 19.3. The van der Waals surface area contributed by atoms with Crippen LogP contribution in [0.15, 0.2) is 156 Å². The molecule has 0 spiro atoms. The van der Waals surface area contributed by atoms with Crippen molar-refractivity contribution in [2.45, 2.75) is 28.5 Å². The van der Waals surface area contributed by atoms with Crippen LogP contribution in [-0.2, 0) is 41.0 Å². The second-order valence-corrected chi connectivity index (χ2v) is 20.0. The predicted octanol–water partition coefficient (Wildman–Crippen LogP) is 10.1. The van der Waals surface area contributed by atoms with Crippen LogP contribution in [0, 0.1) is 25.2 Å². The zero-order valence-electron chi connectivity index (χ0n) is 35.2. The number of hydrogen-bond donors (Lipinski definition) is 5. The van der Waals surface area contributed by atoms with Gasteiger partial charge in [-0.05, 0) is 85.3 Å². The van der Waals surface area contributed by atoms with E-state index in [2.05, 4.69) is 37.2 Å². The van der Waals surface area contributed by atoms with Gasteiger partial charge in [-0.15, -0.1) is 33.1 Å². The normalized spacial score (nSPS) is 11.9. The van der Waals surface area contributed by atoms with Gasteiger partial charge in [0.1, 0.15) is 27.2 Å². The number of nitrogens with one attached hydrogen (secondary N) is 2. The highest BCUT2D eigenvalue weighted by Crippen LogP contribution is 2.44. The van der Waals surface area contributed by atoms with Gasteiger partial charge in [-0.3, -0.25) is 13.7 Å². The van der Waals surface area contributed by atoms with E-state index < -0.39 is 50.8 Å². The quantitative estimate of drug-likeness (QED) is 0.0561. The van der Waals surface area contributed by atoms with E-state index in [-0.39, 0.29) is 60.1 Å². The van der Waals surface area contributed by atoms with Gasteiger partial charge in [0.2, 0.25) is 5.13 Å². The molecule has 5 N–H and O–H groups in total. The Balaban J connectivity index is 0.00000169. The summed E-state index contributed by atoms with van der Waals surface area (Å²) in [6.07, 6.45) is 0. The maximum absolute atomic E-state index is 12.5. The number of fused-ring (bicyclic) bond motifs is 2. The predicted molar refractivity (Wildman–Crippen MR) is 254 cm³/mol. The zero-order chi connectivity index (χ0) is 49.8. The van der Waals surface area contributed by atoms with Gasteiger partial charge in [-0.25, -0.2) is 9.97 Å². The molecule has 0 amide bonds. The molecule has 2 aromatic heterocycles. The Morgan fingerprint density at radius 2 is 1.25 bits per heavy atom. The van der Waals surface area contributed by atoms with Crippen molar-refractivity contribution in [3.63, 3.8) is 0 Å². The molecule has 350 valence electrons. The van der Waals surface area contributed by atoms with E-state index in [1.54, 1.807) is 13.0 Å². The smallest absolute Gasteiger partial charge is 0.339 e. The Morgan fingerprint density at radius 1 is 0.623 bits per heavy atom. The molecule has 8 aromatic rings. The molecule has 26 heteroatoms. The van der Waals surface area contributed by atoms with Crippen molar-refractivity contribution in [3.05, 3.63) is 138 Å². The first-order valence-corrected chi connectivity index (χ1v) is 25.5. The molecule has 0 saturated heterocycles. The molecule has 0 aliphatic heterocycles. The zero-order valence-corrected chi connectivity index (χ0v) is 39.3. The van der Waals surface area contributed by atoms with Gasteiger partial charge < -0.3 is 10.6 Å². The summed E-state index contributed by atoms with van der Waals surface area (Å²) in [5, 5.41) is 35.7. The fourth-order valence-electron chi connectivity index (χ4n) is 6.69. The van der Waals surface area contributed by atoms with Crippen LogP contribution in [0.25, 0.3) is 32.8 Å². The average molecular weight is 1030 g/mol. The number of nitriles is 1. The molecule has 0 atom stereocenters. The third-order valence-electron chi connectivity index (χ3n) is 9.83. The number of benzene rings is 6. The monoisotopic (exact) mass is 1030 g/mol. The lowest BCUT2D eigenvalue weighted by molar-refractivity contribution is 0.481. The van der Waals surface area contributed by atoms with E-state index in [1.165, 1.54) is 42.5 Å². The molecule has 0 radical (unpaired) electrons. The fraction of sp³-hybridized carbons (Fsp3) is 0.0465. The lowest BCUT2D eigenvalue weighted by Gasteiger charge is -2.16. The Hall–Kier alpha value is -7.74. The second-order valence-electron chi connectivity index (χ2n) is 14.4. The van der Waals surface area contributed by atoms with Crippen LogP contribution in [0.5, 0.6) is 0 Å². The lowest BCUT2D eigenvalue weighted by Crippen LogP contribution is -2.04. The van der Waals surface area contributed by atoms with Crippen molar-refractivity contribution >= 4 is 118 Å². The van der Waals surface area contributed by atoms with E-state index in [0.717, 1.165) is 39.8 Å². The minimum atomic E-state index is -4.94.